The summed E-state index contributed by atoms with van der Waals surface area (Å²) in [6, 6.07) is 4.84. The van der Waals surface area contributed by atoms with Crippen LogP contribution in [0.25, 0.3) is 0 Å². The lowest BCUT2D eigenvalue weighted by atomic mass is 10.3. The number of nitro groups is 1. The number of aromatic nitrogens is 2. The van der Waals surface area contributed by atoms with Gasteiger partial charge in [-0.15, -0.1) is 0 Å². The SMILES string of the molecule is CCc1cn[nH]c1NS(=O)(=O)c1cccc([N+](=O)[O-])c1. The molecule has 0 amide bonds. The number of anilines is 1. The van der Waals surface area contributed by atoms with Crippen LogP contribution in [0.5, 0.6) is 0 Å². The van der Waals surface area contributed by atoms with Crippen molar-refractivity contribution in [1.82, 2.24) is 10.2 Å². The Kier molecular flexibility index (Phi) is 3.70. The number of benzene rings is 1. The zero-order valence-electron chi connectivity index (χ0n) is 10.5. The number of nitrogens with zero attached hydrogens (tertiary/aromatic N) is 2. The summed E-state index contributed by atoms with van der Waals surface area (Å²) in [6.45, 7) is 1.86. The monoisotopic (exact) mass is 296 g/mol. The van der Waals surface area contributed by atoms with Crippen LogP contribution in [0.15, 0.2) is 35.4 Å². The number of hydrogen-bond acceptors (Lipinski definition) is 5. The van der Waals surface area contributed by atoms with Crippen molar-refractivity contribution in [2.45, 2.75) is 18.2 Å². The molecule has 9 heteroatoms. The fourth-order valence-electron chi connectivity index (χ4n) is 1.63. The van der Waals surface area contributed by atoms with E-state index in [0.29, 0.717) is 12.0 Å². The predicted molar refractivity (Wildman–Crippen MR) is 71.9 cm³/mol. The second kappa shape index (κ2) is 5.29. The molecule has 0 radical (unpaired) electrons. The predicted octanol–water partition coefficient (Wildman–Crippen LogP) is 1.68. The third kappa shape index (κ3) is 2.77. The van der Waals surface area contributed by atoms with Gasteiger partial charge in [0.15, 0.2) is 0 Å². The minimum Gasteiger partial charge on any atom is -0.263 e. The molecule has 0 spiro atoms. The standard InChI is InChI=1S/C11H12N4O4S/c1-2-8-7-12-13-11(8)14-20(18,19)10-5-3-4-9(6-10)15(16)17/h3-7H,2H2,1H3,(H2,12,13,14). The number of nitro benzene ring substituents is 1. The molecule has 0 saturated carbocycles. The van der Waals surface area contributed by atoms with Gasteiger partial charge < -0.3 is 0 Å². The van der Waals surface area contributed by atoms with E-state index in [1.54, 1.807) is 0 Å². The van der Waals surface area contributed by atoms with Crippen molar-refractivity contribution in [2.75, 3.05) is 4.72 Å². The quantitative estimate of drug-likeness (QED) is 0.642. The first-order valence-electron chi connectivity index (χ1n) is 5.73. The van der Waals surface area contributed by atoms with E-state index in [2.05, 4.69) is 14.9 Å². The zero-order chi connectivity index (χ0) is 14.8. The van der Waals surface area contributed by atoms with Gasteiger partial charge in [0.2, 0.25) is 0 Å². The molecule has 1 aromatic heterocycles. The van der Waals surface area contributed by atoms with Crippen molar-refractivity contribution in [2.24, 2.45) is 0 Å². The maximum atomic E-state index is 12.2. The summed E-state index contributed by atoms with van der Waals surface area (Å²) in [4.78, 5) is 9.85. The van der Waals surface area contributed by atoms with Crippen molar-refractivity contribution in [3.05, 3.63) is 46.1 Å². The van der Waals surface area contributed by atoms with Gasteiger partial charge in [0.25, 0.3) is 15.7 Å². The van der Waals surface area contributed by atoms with Crippen LogP contribution in [-0.4, -0.2) is 23.5 Å². The van der Waals surface area contributed by atoms with Gasteiger partial charge in [0.05, 0.1) is 16.0 Å². The first-order valence-corrected chi connectivity index (χ1v) is 7.22. The van der Waals surface area contributed by atoms with Gasteiger partial charge in [0.1, 0.15) is 5.82 Å². The molecule has 0 aliphatic carbocycles. The van der Waals surface area contributed by atoms with Crippen LogP contribution in [0, 0.1) is 10.1 Å². The van der Waals surface area contributed by atoms with Crippen LogP contribution >= 0.6 is 0 Å². The molecule has 0 bridgehead atoms. The van der Waals surface area contributed by atoms with Gasteiger partial charge in [-0.1, -0.05) is 13.0 Å². The molecule has 0 saturated heterocycles. The molecule has 0 aliphatic heterocycles. The highest BCUT2D eigenvalue weighted by Gasteiger charge is 2.19. The maximum absolute atomic E-state index is 12.2. The molecule has 0 unspecified atom stereocenters. The molecule has 106 valence electrons. The van der Waals surface area contributed by atoms with Crippen molar-refractivity contribution < 1.29 is 13.3 Å². The van der Waals surface area contributed by atoms with E-state index in [1.807, 2.05) is 6.92 Å². The van der Waals surface area contributed by atoms with Crippen LogP contribution in [0.3, 0.4) is 0 Å². The van der Waals surface area contributed by atoms with Gasteiger partial charge in [-0.3, -0.25) is 19.9 Å². The van der Waals surface area contributed by atoms with E-state index in [-0.39, 0.29) is 16.4 Å². The third-order valence-corrected chi connectivity index (χ3v) is 4.02. The molecule has 1 heterocycles. The van der Waals surface area contributed by atoms with E-state index < -0.39 is 14.9 Å². The average Bonchev–Trinajstić information content (AvgIpc) is 2.85. The van der Waals surface area contributed by atoms with Crippen LogP contribution in [0.2, 0.25) is 0 Å². The Labute approximate surface area is 115 Å². The summed E-state index contributed by atoms with van der Waals surface area (Å²) >= 11 is 0. The van der Waals surface area contributed by atoms with E-state index >= 15 is 0 Å². The molecular weight excluding hydrogens is 284 g/mol. The zero-order valence-corrected chi connectivity index (χ0v) is 11.3. The third-order valence-electron chi connectivity index (χ3n) is 2.67. The van der Waals surface area contributed by atoms with Gasteiger partial charge in [-0.25, -0.2) is 8.42 Å². The van der Waals surface area contributed by atoms with Crippen molar-refractivity contribution in [3.63, 3.8) is 0 Å². The molecule has 20 heavy (non-hydrogen) atoms. The largest absolute Gasteiger partial charge is 0.270 e. The topological polar surface area (TPSA) is 118 Å². The van der Waals surface area contributed by atoms with Crippen LogP contribution in [0.1, 0.15) is 12.5 Å². The molecular formula is C11H12N4O4S. The normalized spacial score (nSPS) is 11.2. The molecule has 0 aliphatic rings. The Morgan fingerprint density at radius 3 is 2.85 bits per heavy atom. The average molecular weight is 296 g/mol. The highest BCUT2D eigenvalue weighted by Crippen LogP contribution is 2.21. The lowest BCUT2D eigenvalue weighted by Crippen LogP contribution is -2.14. The van der Waals surface area contributed by atoms with Gasteiger partial charge in [-0.2, -0.15) is 5.10 Å². The second-order valence-electron chi connectivity index (χ2n) is 3.98. The van der Waals surface area contributed by atoms with E-state index in [4.69, 9.17) is 0 Å². The minimum atomic E-state index is -3.90. The molecule has 2 N–H and O–H groups in total. The summed E-state index contributed by atoms with van der Waals surface area (Å²) < 4.78 is 26.7. The number of sulfonamides is 1. The summed E-state index contributed by atoms with van der Waals surface area (Å²) in [5, 5.41) is 17.0. The summed E-state index contributed by atoms with van der Waals surface area (Å²) in [6.07, 6.45) is 2.12. The molecule has 0 atom stereocenters. The number of non-ortho nitro benzene ring substituents is 1. The fraction of sp³-hybridized carbons (Fsp3) is 0.182. The molecule has 0 fully saturated rings. The Hall–Kier alpha value is -2.42. The number of H-pyrrole nitrogens is 1. The van der Waals surface area contributed by atoms with Crippen molar-refractivity contribution >= 4 is 21.5 Å². The molecule has 2 rings (SSSR count). The van der Waals surface area contributed by atoms with E-state index in [1.165, 1.54) is 24.4 Å². The highest BCUT2D eigenvalue weighted by atomic mass is 32.2. The number of rotatable bonds is 5. The summed E-state index contributed by atoms with van der Waals surface area (Å²) in [7, 11) is -3.90. The Morgan fingerprint density at radius 2 is 2.20 bits per heavy atom. The first kappa shape index (κ1) is 14.0. The van der Waals surface area contributed by atoms with Gasteiger partial charge >= 0.3 is 0 Å². The number of hydrogen-bond donors (Lipinski definition) is 2. The lowest BCUT2D eigenvalue weighted by Gasteiger charge is -2.07. The van der Waals surface area contributed by atoms with Crippen molar-refractivity contribution in [3.8, 4) is 0 Å². The summed E-state index contributed by atoms with van der Waals surface area (Å²) in [5.74, 6) is 0.263. The molecule has 8 nitrogen and oxygen atoms in total. The second-order valence-corrected chi connectivity index (χ2v) is 5.67. The van der Waals surface area contributed by atoms with Crippen LogP contribution in [-0.2, 0) is 16.4 Å². The van der Waals surface area contributed by atoms with Gasteiger partial charge in [0, 0.05) is 17.7 Å². The number of nitrogens with one attached hydrogen (secondary N) is 2. The number of aromatic amines is 1. The van der Waals surface area contributed by atoms with Crippen molar-refractivity contribution in [1.29, 1.82) is 0 Å². The smallest absolute Gasteiger partial charge is 0.263 e. The highest BCUT2D eigenvalue weighted by molar-refractivity contribution is 7.92. The Bertz CT molecular complexity index is 738. The maximum Gasteiger partial charge on any atom is 0.270 e. The number of aryl methyl sites for hydroxylation is 1. The lowest BCUT2D eigenvalue weighted by molar-refractivity contribution is -0.385. The fourth-order valence-corrected chi connectivity index (χ4v) is 2.72. The molecule has 1 aromatic carbocycles. The van der Waals surface area contributed by atoms with Crippen LogP contribution < -0.4 is 4.72 Å². The Balaban J connectivity index is 2.36. The minimum absolute atomic E-state index is 0.177. The van der Waals surface area contributed by atoms with E-state index in [9.17, 15) is 18.5 Å². The van der Waals surface area contributed by atoms with E-state index in [0.717, 1.165) is 6.07 Å². The first-order chi connectivity index (χ1) is 9.44. The summed E-state index contributed by atoms with van der Waals surface area (Å²) in [5.41, 5.74) is 0.423. The van der Waals surface area contributed by atoms with Crippen LogP contribution in [0.4, 0.5) is 11.5 Å². The molecule has 2 aromatic rings. The Morgan fingerprint density at radius 1 is 1.45 bits per heavy atom. The van der Waals surface area contributed by atoms with Gasteiger partial charge in [-0.05, 0) is 12.5 Å².